The van der Waals surface area contributed by atoms with E-state index in [2.05, 4.69) is 11.8 Å². The maximum Gasteiger partial charge on any atom is 0.165 e. The second-order valence-electron chi connectivity index (χ2n) is 7.33. The van der Waals surface area contributed by atoms with Gasteiger partial charge < -0.3 is 15.3 Å². The highest BCUT2D eigenvalue weighted by Gasteiger charge is 2.59. The highest BCUT2D eigenvalue weighted by molar-refractivity contribution is 5.94. The van der Waals surface area contributed by atoms with Crippen molar-refractivity contribution >= 4 is 5.78 Å². The Balaban J connectivity index is 1.60. The Labute approximate surface area is 131 Å². The van der Waals surface area contributed by atoms with Gasteiger partial charge in [0, 0.05) is 12.3 Å². The van der Waals surface area contributed by atoms with Crippen molar-refractivity contribution in [3.8, 4) is 11.8 Å². The van der Waals surface area contributed by atoms with E-state index in [1.807, 2.05) is 0 Å². The summed E-state index contributed by atoms with van der Waals surface area (Å²) >= 11 is 0. The molecule has 3 rings (SSSR count). The molecule has 0 amide bonds. The Hall–Kier alpha value is -0.890. The molecule has 0 unspecified atom stereocenters. The van der Waals surface area contributed by atoms with E-state index in [-0.39, 0.29) is 11.7 Å². The van der Waals surface area contributed by atoms with Crippen LogP contribution in [0.5, 0.6) is 0 Å². The molecule has 3 aliphatic rings. The Morgan fingerprint density at radius 3 is 2.64 bits per heavy atom. The summed E-state index contributed by atoms with van der Waals surface area (Å²) in [6, 6.07) is 0. The third-order valence-corrected chi connectivity index (χ3v) is 5.87. The second kappa shape index (κ2) is 6.31. The first-order chi connectivity index (χ1) is 10.5. The lowest BCUT2D eigenvalue weighted by Gasteiger charge is -2.51. The van der Waals surface area contributed by atoms with Crippen LogP contribution in [0.3, 0.4) is 0 Å². The van der Waals surface area contributed by atoms with Gasteiger partial charge in [0.2, 0.25) is 0 Å². The minimum absolute atomic E-state index is 0.126. The summed E-state index contributed by atoms with van der Waals surface area (Å²) in [5.74, 6) is 5.62. The van der Waals surface area contributed by atoms with Crippen LogP contribution in [0.1, 0.15) is 57.8 Å². The summed E-state index contributed by atoms with van der Waals surface area (Å²) in [6.07, 6.45) is 6.57. The molecule has 0 aromatic carbocycles. The van der Waals surface area contributed by atoms with Crippen molar-refractivity contribution in [1.29, 1.82) is 0 Å². The van der Waals surface area contributed by atoms with Crippen LogP contribution in [0.15, 0.2) is 0 Å². The molecule has 4 nitrogen and oxygen atoms in total. The van der Waals surface area contributed by atoms with Gasteiger partial charge >= 0.3 is 0 Å². The van der Waals surface area contributed by atoms with E-state index in [4.69, 9.17) is 0 Å². The molecule has 0 saturated heterocycles. The fourth-order valence-corrected chi connectivity index (χ4v) is 4.37. The van der Waals surface area contributed by atoms with Gasteiger partial charge in [-0.2, -0.15) is 0 Å². The molecular weight excluding hydrogens is 280 g/mol. The molecular formula is C18H26O4. The lowest BCUT2D eigenvalue weighted by atomic mass is 9.56. The maximum absolute atomic E-state index is 11.6. The number of carbonyl (C=O) groups excluding carboxylic acids is 1. The monoisotopic (exact) mass is 306 g/mol. The van der Waals surface area contributed by atoms with Crippen molar-refractivity contribution in [2.45, 2.75) is 75.6 Å². The lowest BCUT2D eigenvalue weighted by Crippen LogP contribution is -2.63. The number of hydrogen-bond donors (Lipinski definition) is 3. The average Bonchev–Trinajstić information content (AvgIpc) is 2.51. The zero-order valence-corrected chi connectivity index (χ0v) is 13.0. The Morgan fingerprint density at radius 2 is 1.95 bits per heavy atom. The number of ketones is 1. The molecule has 0 aromatic heterocycles. The lowest BCUT2D eigenvalue weighted by molar-refractivity contribution is -0.181. The molecule has 0 aliphatic heterocycles. The molecule has 22 heavy (non-hydrogen) atoms. The van der Waals surface area contributed by atoms with Gasteiger partial charge in [0.25, 0.3) is 0 Å². The maximum atomic E-state index is 11.6. The third kappa shape index (κ3) is 2.95. The predicted molar refractivity (Wildman–Crippen MR) is 81.8 cm³/mol. The number of rotatable bonds is 2. The quantitative estimate of drug-likeness (QED) is 0.674. The van der Waals surface area contributed by atoms with Gasteiger partial charge in [-0.15, -0.1) is 0 Å². The Bertz CT molecular complexity index is 485. The molecule has 0 bridgehead atoms. The van der Waals surface area contributed by atoms with E-state index in [1.54, 1.807) is 0 Å². The highest BCUT2D eigenvalue weighted by Crippen LogP contribution is 2.48. The summed E-state index contributed by atoms with van der Waals surface area (Å²) in [4.78, 5) is 11.6. The molecule has 0 spiro atoms. The summed E-state index contributed by atoms with van der Waals surface area (Å²) < 4.78 is 0. The highest BCUT2D eigenvalue weighted by atomic mass is 16.3. The molecule has 3 aliphatic carbocycles. The Morgan fingerprint density at radius 1 is 1.23 bits per heavy atom. The van der Waals surface area contributed by atoms with E-state index in [1.165, 1.54) is 32.1 Å². The van der Waals surface area contributed by atoms with Crippen LogP contribution >= 0.6 is 0 Å². The molecule has 0 aromatic rings. The van der Waals surface area contributed by atoms with Gasteiger partial charge in [-0.05, 0) is 25.2 Å². The van der Waals surface area contributed by atoms with Crippen LogP contribution in [-0.2, 0) is 4.79 Å². The topological polar surface area (TPSA) is 77.8 Å². The van der Waals surface area contributed by atoms with E-state index in [9.17, 15) is 20.1 Å². The van der Waals surface area contributed by atoms with Crippen molar-refractivity contribution < 1.29 is 20.1 Å². The minimum Gasteiger partial charge on any atom is -0.392 e. The summed E-state index contributed by atoms with van der Waals surface area (Å²) in [6.45, 7) is 0. The van der Waals surface area contributed by atoms with E-state index >= 15 is 0 Å². The average molecular weight is 306 g/mol. The van der Waals surface area contributed by atoms with Gasteiger partial charge in [-0.1, -0.05) is 43.9 Å². The molecule has 3 N–H and O–H groups in total. The van der Waals surface area contributed by atoms with Gasteiger partial charge in [0.15, 0.2) is 5.78 Å². The van der Waals surface area contributed by atoms with Crippen molar-refractivity contribution in [2.24, 2.45) is 17.8 Å². The zero-order valence-electron chi connectivity index (χ0n) is 13.0. The van der Waals surface area contributed by atoms with Crippen LogP contribution in [0, 0.1) is 29.6 Å². The molecule has 0 radical (unpaired) electrons. The molecule has 4 heteroatoms. The normalized spacial score (nSPS) is 40.1. The standard InChI is InChI=1S/C18H26O4/c19-13(10-12-4-2-1-3-5-12)6-7-14-15-11-17(21)18(15,22)9-8-16(14)20/h12-16,19-20,22H,1-5,8-11H2/t13-,14+,15+,16+,18+/m1/s1. The molecule has 0 heterocycles. The van der Waals surface area contributed by atoms with Crippen LogP contribution in [-0.4, -0.2) is 38.9 Å². The van der Waals surface area contributed by atoms with Gasteiger partial charge in [0.1, 0.15) is 11.7 Å². The molecule has 122 valence electrons. The van der Waals surface area contributed by atoms with E-state index < -0.39 is 23.7 Å². The second-order valence-corrected chi connectivity index (χ2v) is 7.33. The van der Waals surface area contributed by atoms with Crippen molar-refractivity contribution in [2.75, 3.05) is 0 Å². The van der Waals surface area contributed by atoms with Crippen molar-refractivity contribution in [3.05, 3.63) is 0 Å². The SMILES string of the molecule is O=C1C[C@H]2[C@H](C#C[C@@H](O)CC3CCCCC3)[C@@H](O)CC[C@@]12O. The number of fused-ring (bicyclic) bond motifs is 1. The van der Waals surface area contributed by atoms with Crippen LogP contribution in [0.2, 0.25) is 0 Å². The van der Waals surface area contributed by atoms with Crippen LogP contribution in [0.25, 0.3) is 0 Å². The summed E-state index contributed by atoms with van der Waals surface area (Å²) in [5.41, 5.74) is -1.27. The first-order valence-electron chi connectivity index (χ1n) is 8.63. The fraction of sp³-hybridized carbons (Fsp3) is 0.833. The van der Waals surface area contributed by atoms with Crippen LogP contribution < -0.4 is 0 Å². The predicted octanol–water partition coefficient (Wildman–Crippen LogP) is 1.41. The first kappa shape index (κ1) is 16.0. The van der Waals surface area contributed by atoms with Crippen molar-refractivity contribution in [3.63, 3.8) is 0 Å². The fourth-order valence-electron chi connectivity index (χ4n) is 4.37. The molecule has 3 saturated carbocycles. The Kier molecular flexibility index (Phi) is 4.59. The third-order valence-electron chi connectivity index (χ3n) is 5.87. The molecule has 5 atom stereocenters. The number of carbonyl (C=O) groups is 1. The number of Topliss-reactive ketones (excluding diaryl/α,β-unsaturated/α-hetero) is 1. The first-order valence-corrected chi connectivity index (χ1v) is 8.63. The largest absolute Gasteiger partial charge is 0.392 e. The molecule has 3 fully saturated rings. The number of hydrogen-bond acceptors (Lipinski definition) is 4. The minimum atomic E-state index is -1.27. The summed E-state index contributed by atoms with van der Waals surface area (Å²) in [5, 5.41) is 30.6. The van der Waals surface area contributed by atoms with Gasteiger partial charge in [-0.3, -0.25) is 4.79 Å². The van der Waals surface area contributed by atoms with E-state index in [0.29, 0.717) is 31.6 Å². The van der Waals surface area contributed by atoms with Gasteiger partial charge in [0.05, 0.1) is 12.0 Å². The van der Waals surface area contributed by atoms with Crippen LogP contribution in [0.4, 0.5) is 0 Å². The number of aliphatic hydroxyl groups is 3. The van der Waals surface area contributed by atoms with Gasteiger partial charge in [-0.25, -0.2) is 0 Å². The number of aliphatic hydroxyl groups excluding tert-OH is 2. The van der Waals surface area contributed by atoms with E-state index in [0.717, 1.165) is 0 Å². The zero-order chi connectivity index (χ0) is 15.7. The summed E-state index contributed by atoms with van der Waals surface area (Å²) in [7, 11) is 0. The van der Waals surface area contributed by atoms with Crippen molar-refractivity contribution in [1.82, 2.24) is 0 Å². The smallest absolute Gasteiger partial charge is 0.165 e.